The van der Waals surface area contributed by atoms with Crippen LogP contribution in [0.1, 0.15) is 27.6 Å². The predicted octanol–water partition coefficient (Wildman–Crippen LogP) is 2.32. The molecule has 0 saturated carbocycles. The van der Waals surface area contributed by atoms with Crippen molar-refractivity contribution < 1.29 is 23.9 Å². The van der Waals surface area contributed by atoms with E-state index >= 15 is 0 Å². The van der Waals surface area contributed by atoms with Gasteiger partial charge in [0.1, 0.15) is 6.54 Å². The maximum Gasteiger partial charge on any atom is 0.256 e. The summed E-state index contributed by atoms with van der Waals surface area (Å²) in [6.07, 6.45) is 0. The van der Waals surface area contributed by atoms with E-state index in [0.717, 1.165) is 0 Å². The number of hydrogen-bond acceptors (Lipinski definition) is 6. The van der Waals surface area contributed by atoms with Gasteiger partial charge in [-0.15, -0.1) is 0 Å². The Morgan fingerprint density at radius 1 is 1.21 bits per heavy atom. The molecule has 154 valence electrons. The zero-order valence-electron chi connectivity index (χ0n) is 16.7. The Morgan fingerprint density at radius 3 is 2.55 bits per heavy atom. The molecule has 0 bridgehead atoms. The molecule has 0 radical (unpaired) electrons. The number of ether oxygens (including phenoxy) is 2. The van der Waals surface area contributed by atoms with Crippen molar-refractivity contribution in [1.29, 1.82) is 0 Å². The number of carbonyl (C=O) groups is 3. The van der Waals surface area contributed by atoms with E-state index in [4.69, 9.17) is 9.47 Å². The lowest BCUT2D eigenvalue weighted by Crippen LogP contribution is -2.55. The Kier molecular flexibility index (Phi) is 6.07. The van der Waals surface area contributed by atoms with Crippen LogP contribution in [0.25, 0.3) is 0 Å². The molecule has 9 heteroatoms. The molecule has 1 saturated heterocycles. The number of thiophene rings is 1. The predicted molar refractivity (Wildman–Crippen MR) is 110 cm³/mol. The monoisotopic (exact) mass is 417 g/mol. The minimum absolute atomic E-state index is 0.00458. The van der Waals surface area contributed by atoms with Gasteiger partial charge in [0.15, 0.2) is 11.5 Å². The summed E-state index contributed by atoms with van der Waals surface area (Å²) < 4.78 is 10.8. The van der Waals surface area contributed by atoms with Crippen LogP contribution in [0.2, 0.25) is 0 Å². The lowest BCUT2D eigenvalue weighted by molar-refractivity contribution is -0.136. The summed E-state index contributed by atoms with van der Waals surface area (Å²) in [5.41, 5.74) is 1.12. The molecular weight excluding hydrogens is 394 g/mol. The second kappa shape index (κ2) is 8.52. The summed E-state index contributed by atoms with van der Waals surface area (Å²) in [6, 6.07) is 4.71. The van der Waals surface area contributed by atoms with Crippen LogP contribution in [0.3, 0.4) is 0 Å². The number of benzene rings is 1. The number of piperazine rings is 1. The Labute approximate surface area is 173 Å². The number of hydrogen-bond donors (Lipinski definition) is 1. The third kappa shape index (κ3) is 4.19. The van der Waals surface area contributed by atoms with Gasteiger partial charge < -0.3 is 24.6 Å². The van der Waals surface area contributed by atoms with Gasteiger partial charge in [0.05, 0.1) is 25.5 Å². The minimum atomic E-state index is -0.320. The lowest BCUT2D eigenvalue weighted by atomic mass is 10.1. The van der Waals surface area contributed by atoms with Gasteiger partial charge in [0.2, 0.25) is 5.91 Å². The Bertz CT molecular complexity index is 928. The third-order valence-corrected chi connectivity index (χ3v) is 5.59. The van der Waals surface area contributed by atoms with Gasteiger partial charge in [-0.2, -0.15) is 11.3 Å². The van der Waals surface area contributed by atoms with Gasteiger partial charge in [-0.1, -0.05) is 0 Å². The Morgan fingerprint density at radius 2 is 1.97 bits per heavy atom. The average molecular weight is 417 g/mol. The lowest BCUT2D eigenvalue weighted by Gasteiger charge is -2.37. The van der Waals surface area contributed by atoms with Crippen molar-refractivity contribution in [1.82, 2.24) is 9.80 Å². The highest BCUT2D eigenvalue weighted by molar-refractivity contribution is 7.08. The van der Waals surface area contributed by atoms with Crippen molar-refractivity contribution >= 4 is 34.7 Å². The van der Waals surface area contributed by atoms with E-state index in [9.17, 15) is 14.4 Å². The molecule has 3 amide bonds. The number of carbonyl (C=O) groups excluding carboxylic acids is 3. The van der Waals surface area contributed by atoms with E-state index in [1.165, 1.54) is 30.5 Å². The number of nitrogens with one attached hydrogen (secondary N) is 1. The normalized spacial score (nSPS) is 16.6. The van der Waals surface area contributed by atoms with E-state index in [0.29, 0.717) is 34.9 Å². The molecule has 0 aliphatic carbocycles. The van der Waals surface area contributed by atoms with Crippen molar-refractivity contribution in [3.05, 3.63) is 40.1 Å². The molecule has 1 atom stereocenters. The fourth-order valence-corrected chi connectivity index (χ4v) is 3.77. The van der Waals surface area contributed by atoms with Gasteiger partial charge in [0.25, 0.3) is 11.8 Å². The largest absolute Gasteiger partial charge is 0.493 e. The van der Waals surface area contributed by atoms with Crippen LogP contribution < -0.4 is 14.8 Å². The molecule has 29 heavy (non-hydrogen) atoms. The maximum absolute atomic E-state index is 13.1. The minimum Gasteiger partial charge on any atom is -0.493 e. The number of amides is 3. The molecule has 1 aliphatic rings. The molecule has 1 fully saturated rings. The first-order chi connectivity index (χ1) is 13.8. The number of nitrogens with zero attached hydrogens (tertiary/aromatic N) is 2. The number of anilines is 1. The van der Waals surface area contributed by atoms with E-state index in [1.807, 2.05) is 6.92 Å². The van der Waals surface area contributed by atoms with E-state index in [2.05, 4.69) is 5.32 Å². The van der Waals surface area contributed by atoms with Crippen molar-refractivity contribution in [3.8, 4) is 11.5 Å². The second-order valence-corrected chi connectivity index (χ2v) is 7.54. The summed E-state index contributed by atoms with van der Waals surface area (Å²) in [4.78, 5) is 40.9. The first kappa shape index (κ1) is 20.7. The van der Waals surface area contributed by atoms with Crippen LogP contribution in [0.4, 0.5) is 5.69 Å². The fraction of sp³-hybridized carbons (Fsp3) is 0.350. The van der Waals surface area contributed by atoms with Gasteiger partial charge in [-0.3, -0.25) is 14.4 Å². The topological polar surface area (TPSA) is 88.2 Å². The quantitative estimate of drug-likeness (QED) is 0.807. The highest BCUT2D eigenvalue weighted by atomic mass is 32.1. The molecule has 1 aromatic heterocycles. The molecule has 3 rings (SSSR count). The van der Waals surface area contributed by atoms with Crippen LogP contribution in [0, 0.1) is 0 Å². The zero-order valence-corrected chi connectivity index (χ0v) is 17.5. The SMILES string of the molecule is COc1cc(C(=O)N2CC(=O)N(C)[C@@H](C)C2)cc(NC(=O)c2ccsc2)c1OC. The van der Waals surface area contributed by atoms with E-state index in [1.54, 1.807) is 40.9 Å². The summed E-state index contributed by atoms with van der Waals surface area (Å²) in [7, 11) is 4.64. The molecule has 8 nitrogen and oxygen atoms in total. The highest BCUT2D eigenvalue weighted by Crippen LogP contribution is 2.37. The number of methoxy groups -OCH3 is 2. The molecule has 0 unspecified atom stereocenters. The summed E-state index contributed by atoms with van der Waals surface area (Å²) in [5, 5.41) is 6.31. The van der Waals surface area contributed by atoms with Gasteiger partial charge in [0, 0.05) is 30.6 Å². The molecular formula is C20H23N3O5S. The smallest absolute Gasteiger partial charge is 0.256 e. The fourth-order valence-electron chi connectivity index (χ4n) is 3.13. The molecule has 0 spiro atoms. The highest BCUT2D eigenvalue weighted by Gasteiger charge is 2.31. The average Bonchev–Trinajstić information content (AvgIpc) is 3.25. The molecule has 2 heterocycles. The van der Waals surface area contributed by atoms with Gasteiger partial charge in [-0.05, 0) is 30.5 Å². The molecule has 1 N–H and O–H groups in total. The molecule has 1 aliphatic heterocycles. The summed E-state index contributed by atoms with van der Waals surface area (Å²) in [6.45, 7) is 2.31. The first-order valence-corrected chi connectivity index (χ1v) is 9.94. The van der Waals surface area contributed by atoms with Crippen LogP contribution in [0.15, 0.2) is 29.0 Å². The molecule has 1 aromatic carbocycles. The van der Waals surface area contributed by atoms with Gasteiger partial charge in [-0.25, -0.2) is 0 Å². The molecule has 2 aromatic rings. The summed E-state index contributed by atoms with van der Waals surface area (Å²) in [5.74, 6) is -0.128. The van der Waals surface area contributed by atoms with Crippen molar-refractivity contribution in [2.24, 2.45) is 0 Å². The van der Waals surface area contributed by atoms with Crippen molar-refractivity contribution in [2.45, 2.75) is 13.0 Å². The van der Waals surface area contributed by atoms with Crippen LogP contribution in [0.5, 0.6) is 11.5 Å². The van der Waals surface area contributed by atoms with Crippen molar-refractivity contribution in [2.75, 3.05) is 39.7 Å². The van der Waals surface area contributed by atoms with Crippen LogP contribution in [-0.4, -0.2) is 67.9 Å². The zero-order chi connectivity index (χ0) is 21.1. The van der Waals surface area contributed by atoms with Gasteiger partial charge >= 0.3 is 0 Å². The van der Waals surface area contributed by atoms with Crippen LogP contribution in [-0.2, 0) is 4.79 Å². The summed E-state index contributed by atoms with van der Waals surface area (Å²) >= 11 is 1.41. The van der Waals surface area contributed by atoms with Crippen LogP contribution >= 0.6 is 11.3 Å². The van der Waals surface area contributed by atoms with E-state index in [-0.39, 0.29) is 30.3 Å². The third-order valence-electron chi connectivity index (χ3n) is 4.91. The second-order valence-electron chi connectivity index (χ2n) is 6.76. The first-order valence-electron chi connectivity index (χ1n) is 9.00. The standard InChI is InChI=1S/C20H23N3O5S/c1-12-9-23(10-17(24)22(12)2)20(26)14-7-15(18(28-4)16(8-14)27-3)21-19(25)13-5-6-29-11-13/h5-8,11-12H,9-10H2,1-4H3,(H,21,25)/t12-/m0/s1. The Hall–Kier alpha value is -3.07. The van der Waals surface area contributed by atoms with Crippen molar-refractivity contribution in [3.63, 3.8) is 0 Å². The number of rotatable bonds is 5. The Balaban J connectivity index is 1.93. The number of likely N-dealkylation sites (N-methyl/N-ethyl adjacent to an activating group) is 1. The maximum atomic E-state index is 13.1. The van der Waals surface area contributed by atoms with E-state index < -0.39 is 0 Å².